The van der Waals surface area contributed by atoms with Gasteiger partial charge in [-0.2, -0.15) is 0 Å². The van der Waals surface area contributed by atoms with Crippen LogP contribution in [0.25, 0.3) is 0 Å². The number of benzene rings is 4. The number of halogens is 1. The van der Waals surface area contributed by atoms with E-state index in [9.17, 15) is 23.6 Å². The van der Waals surface area contributed by atoms with Crippen LogP contribution in [0.15, 0.2) is 78.9 Å². The fourth-order valence-electron chi connectivity index (χ4n) is 5.66. The molecule has 0 saturated carbocycles. The molecule has 2 heterocycles. The Morgan fingerprint density at radius 1 is 0.896 bits per heavy atom. The number of nitrogens with zero attached hydrogens (tertiary/aromatic N) is 2. The van der Waals surface area contributed by atoms with Crippen LogP contribution in [0.3, 0.4) is 0 Å². The maximum atomic E-state index is 14.4. The number of para-hydroxylation sites is 1. The predicted octanol–water partition coefficient (Wildman–Crippen LogP) is 4.52. The van der Waals surface area contributed by atoms with Crippen LogP contribution in [0, 0.1) is 5.82 Å². The molecule has 13 heteroatoms. The predicted molar refractivity (Wildman–Crippen MR) is 170 cm³/mol. The van der Waals surface area contributed by atoms with Crippen LogP contribution in [-0.4, -0.2) is 63.1 Å². The van der Waals surface area contributed by atoms with E-state index < -0.39 is 41.9 Å². The molecule has 0 bridgehead atoms. The molecule has 6 rings (SSSR count). The van der Waals surface area contributed by atoms with Gasteiger partial charge in [-0.1, -0.05) is 24.3 Å². The zero-order chi connectivity index (χ0) is 33.9. The molecule has 1 atom stereocenters. The highest BCUT2D eigenvalue weighted by molar-refractivity contribution is 6.52. The van der Waals surface area contributed by atoms with Crippen LogP contribution in [0.4, 0.5) is 15.8 Å². The van der Waals surface area contributed by atoms with Gasteiger partial charge in [-0.25, -0.2) is 4.39 Å². The van der Waals surface area contributed by atoms with Crippen molar-refractivity contribution in [2.75, 3.05) is 44.9 Å². The molecule has 0 saturated heterocycles. The summed E-state index contributed by atoms with van der Waals surface area (Å²) in [5.41, 5.74) is 1.55. The number of methoxy groups -OCH3 is 3. The van der Waals surface area contributed by atoms with Crippen molar-refractivity contribution in [3.8, 4) is 28.7 Å². The first-order valence-corrected chi connectivity index (χ1v) is 14.7. The number of carbonyl (C=O) groups is 4. The van der Waals surface area contributed by atoms with E-state index >= 15 is 0 Å². The number of amides is 3. The van der Waals surface area contributed by atoms with Crippen LogP contribution in [0.5, 0.6) is 28.7 Å². The largest absolute Gasteiger partial charge is 0.493 e. The number of fused-ring (bicyclic) bond motifs is 2. The summed E-state index contributed by atoms with van der Waals surface area (Å²) in [5, 5.41) is 2.85. The summed E-state index contributed by atoms with van der Waals surface area (Å²) in [6.45, 7) is -0.727. The summed E-state index contributed by atoms with van der Waals surface area (Å²) >= 11 is 0. The molecule has 0 unspecified atom stereocenters. The number of nitrogens with one attached hydrogen (secondary N) is 1. The second-order valence-corrected chi connectivity index (χ2v) is 10.8. The zero-order valence-electron chi connectivity index (χ0n) is 26.2. The third-order valence-corrected chi connectivity index (χ3v) is 7.96. The van der Waals surface area contributed by atoms with Gasteiger partial charge in [-0.05, 0) is 59.7 Å². The average Bonchev–Trinajstić information content (AvgIpc) is 3.66. The zero-order valence-corrected chi connectivity index (χ0v) is 26.2. The van der Waals surface area contributed by atoms with Gasteiger partial charge in [0.2, 0.25) is 18.4 Å². The lowest BCUT2D eigenvalue weighted by Crippen LogP contribution is -2.46. The molecule has 4 aromatic rings. The van der Waals surface area contributed by atoms with E-state index in [4.69, 9.17) is 23.7 Å². The van der Waals surface area contributed by atoms with Crippen LogP contribution in [-0.2, 0) is 20.9 Å². The molecule has 1 N–H and O–H groups in total. The smallest absolute Gasteiger partial charge is 0.299 e. The van der Waals surface area contributed by atoms with Crippen molar-refractivity contribution in [2.24, 2.45) is 0 Å². The van der Waals surface area contributed by atoms with Crippen molar-refractivity contribution in [2.45, 2.75) is 12.6 Å². The standard InChI is InChI=1S/C35H30FN3O9/c1-44-28-14-21(15-29(45-2)33(28)46-3)31(34(42)37-23-12-13-26-27(16-23)48-19-47-26)39(17-20-8-10-22(36)11-9-20)30(40)18-38-25-7-5-4-6-24(25)32(41)35(38)43/h4-16,31H,17-19H2,1-3H3,(H,37,42)/t31-/m0/s1. The first kappa shape index (κ1) is 31.9. The summed E-state index contributed by atoms with van der Waals surface area (Å²) in [7, 11) is 4.26. The van der Waals surface area contributed by atoms with Gasteiger partial charge in [0.25, 0.3) is 17.6 Å². The van der Waals surface area contributed by atoms with E-state index in [2.05, 4.69) is 5.32 Å². The maximum Gasteiger partial charge on any atom is 0.299 e. The van der Waals surface area contributed by atoms with Crippen LogP contribution >= 0.6 is 0 Å². The minimum absolute atomic E-state index is 0.0294. The highest BCUT2D eigenvalue weighted by Gasteiger charge is 2.40. The summed E-state index contributed by atoms with van der Waals surface area (Å²) in [6.07, 6.45) is 0. The van der Waals surface area contributed by atoms with Gasteiger partial charge in [0.15, 0.2) is 23.0 Å². The van der Waals surface area contributed by atoms with Gasteiger partial charge in [-0.3, -0.25) is 24.1 Å². The van der Waals surface area contributed by atoms with Gasteiger partial charge >= 0.3 is 0 Å². The second kappa shape index (κ2) is 13.3. The fraction of sp³-hybridized carbons (Fsp3) is 0.200. The molecule has 4 aromatic carbocycles. The van der Waals surface area contributed by atoms with Gasteiger partial charge in [0.05, 0.1) is 32.6 Å². The quantitative estimate of drug-likeness (QED) is 0.232. The number of ether oxygens (including phenoxy) is 5. The Balaban J connectivity index is 1.46. The highest BCUT2D eigenvalue weighted by atomic mass is 19.1. The summed E-state index contributed by atoms with van der Waals surface area (Å²) < 4.78 is 41.4. The summed E-state index contributed by atoms with van der Waals surface area (Å²) in [6, 6.07) is 18.3. The summed E-state index contributed by atoms with van der Waals surface area (Å²) in [5.74, 6) is -1.82. The molecule has 12 nitrogen and oxygen atoms in total. The number of anilines is 2. The van der Waals surface area contributed by atoms with Gasteiger partial charge < -0.3 is 33.9 Å². The van der Waals surface area contributed by atoms with E-state index in [1.54, 1.807) is 36.4 Å². The summed E-state index contributed by atoms with van der Waals surface area (Å²) in [4.78, 5) is 57.0. The van der Waals surface area contributed by atoms with Crippen molar-refractivity contribution in [3.05, 3.63) is 101 Å². The number of Topliss-reactive ketones (excluding diaryl/α,β-unsaturated/α-hetero) is 1. The molecule has 0 spiro atoms. The highest BCUT2D eigenvalue weighted by Crippen LogP contribution is 2.42. The van der Waals surface area contributed by atoms with Crippen molar-refractivity contribution < 1.29 is 47.3 Å². The lowest BCUT2D eigenvalue weighted by atomic mass is 10.0. The first-order valence-electron chi connectivity index (χ1n) is 14.7. The molecule has 2 aliphatic heterocycles. The van der Waals surface area contributed by atoms with Gasteiger partial charge in [0.1, 0.15) is 18.4 Å². The van der Waals surface area contributed by atoms with Crippen LogP contribution in [0.2, 0.25) is 0 Å². The Kier molecular flexibility index (Phi) is 8.84. The number of rotatable bonds is 11. The number of hydrogen-bond acceptors (Lipinski definition) is 9. The molecule has 2 aliphatic rings. The van der Waals surface area contributed by atoms with E-state index in [0.29, 0.717) is 22.7 Å². The van der Waals surface area contributed by atoms with E-state index in [0.717, 1.165) is 4.90 Å². The normalized spacial score (nSPS) is 13.5. The Morgan fingerprint density at radius 2 is 1.58 bits per heavy atom. The van der Waals surface area contributed by atoms with Gasteiger partial charge in [-0.15, -0.1) is 0 Å². The molecule has 0 aromatic heterocycles. The van der Waals surface area contributed by atoms with Crippen molar-refractivity contribution in [1.29, 1.82) is 0 Å². The maximum absolute atomic E-state index is 14.4. The molecule has 0 fully saturated rings. The van der Waals surface area contributed by atoms with Crippen LogP contribution < -0.4 is 33.9 Å². The Labute approximate surface area is 274 Å². The number of hydrogen-bond donors (Lipinski definition) is 1. The van der Waals surface area contributed by atoms with Crippen molar-refractivity contribution in [3.63, 3.8) is 0 Å². The Morgan fingerprint density at radius 3 is 2.27 bits per heavy atom. The molecule has 48 heavy (non-hydrogen) atoms. The Bertz CT molecular complexity index is 1890. The monoisotopic (exact) mass is 655 g/mol. The first-order chi connectivity index (χ1) is 23.2. The average molecular weight is 656 g/mol. The van der Waals surface area contributed by atoms with E-state index in [1.165, 1.54) is 68.7 Å². The van der Waals surface area contributed by atoms with Gasteiger partial charge in [0, 0.05) is 18.3 Å². The molecular formula is C35H30FN3O9. The topological polar surface area (TPSA) is 133 Å². The third-order valence-electron chi connectivity index (χ3n) is 7.96. The third kappa shape index (κ3) is 6.05. The SMILES string of the molecule is COc1cc([C@@H](C(=O)Nc2ccc3c(c2)OCO3)N(Cc2ccc(F)cc2)C(=O)CN2C(=O)C(=O)c3ccccc32)cc(OC)c1OC. The van der Waals surface area contributed by atoms with Crippen LogP contribution in [0.1, 0.15) is 27.5 Å². The molecule has 246 valence electrons. The molecular weight excluding hydrogens is 625 g/mol. The molecule has 0 radical (unpaired) electrons. The minimum Gasteiger partial charge on any atom is -0.493 e. The van der Waals surface area contributed by atoms with E-state index in [-0.39, 0.29) is 47.4 Å². The fourth-order valence-corrected chi connectivity index (χ4v) is 5.66. The molecule has 0 aliphatic carbocycles. The van der Waals surface area contributed by atoms with E-state index in [1.807, 2.05) is 0 Å². The second-order valence-electron chi connectivity index (χ2n) is 10.8. The lowest BCUT2D eigenvalue weighted by molar-refractivity contribution is -0.139. The minimum atomic E-state index is -1.38. The number of ketones is 1. The Hall–Kier alpha value is -6.11. The van der Waals surface area contributed by atoms with Crippen molar-refractivity contribution >= 4 is 34.9 Å². The lowest BCUT2D eigenvalue weighted by Gasteiger charge is -2.33. The molecule has 3 amide bonds. The van der Waals surface area contributed by atoms with Crippen molar-refractivity contribution in [1.82, 2.24) is 4.90 Å². The number of carbonyl (C=O) groups excluding carboxylic acids is 4.